The largest absolute Gasteiger partial charge is 0.707 e. The molecule has 0 amide bonds. The molecule has 5 nitrogen and oxygen atoms in total. The summed E-state index contributed by atoms with van der Waals surface area (Å²) in [5.41, 5.74) is 0.563. The second-order valence-electron chi connectivity index (χ2n) is 3.65. The highest BCUT2D eigenvalue weighted by atomic mass is 16.6. The summed E-state index contributed by atoms with van der Waals surface area (Å²) in [6.45, 7) is 0. The fourth-order valence-electron chi connectivity index (χ4n) is 1.44. The van der Waals surface area contributed by atoms with Gasteiger partial charge in [0.05, 0.1) is 11.6 Å². The average Bonchev–Trinajstić information content (AvgIpc) is 2.41. The maximum absolute atomic E-state index is 8.68. The number of rotatable bonds is 4. The first-order valence-corrected chi connectivity index (χ1v) is 5.48. The van der Waals surface area contributed by atoms with E-state index in [-0.39, 0.29) is 0 Å². The molecular formula is C13H10BNO4. The predicted octanol–water partition coefficient (Wildman–Crippen LogP) is 1.70. The zero-order valence-electron chi connectivity index (χ0n) is 9.85. The molecule has 0 aliphatic rings. The molecule has 0 heterocycles. The van der Waals surface area contributed by atoms with E-state index in [4.69, 9.17) is 20.0 Å². The SMILES string of the molecule is N#Cc1ccc(Oc2ccc(OB(O)O)cc2)cc1. The van der Waals surface area contributed by atoms with Gasteiger partial charge in [0, 0.05) is 0 Å². The minimum Gasteiger partial charge on any atom is -0.512 e. The zero-order valence-corrected chi connectivity index (χ0v) is 9.85. The van der Waals surface area contributed by atoms with E-state index in [1.165, 1.54) is 0 Å². The van der Waals surface area contributed by atoms with Gasteiger partial charge in [-0.3, -0.25) is 0 Å². The molecule has 0 aliphatic carbocycles. The third-order valence-corrected chi connectivity index (χ3v) is 2.28. The molecule has 0 saturated carbocycles. The molecule has 0 atom stereocenters. The van der Waals surface area contributed by atoms with Crippen LogP contribution in [0.5, 0.6) is 17.2 Å². The van der Waals surface area contributed by atoms with Gasteiger partial charge in [0.1, 0.15) is 17.2 Å². The summed E-state index contributed by atoms with van der Waals surface area (Å²) in [7, 11) is -1.84. The molecule has 6 heteroatoms. The molecule has 0 radical (unpaired) electrons. The predicted molar refractivity (Wildman–Crippen MR) is 68.5 cm³/mol. The smallest absolute Gasteiger partial charge is 0.512 e. The third-order valence-electron chi connectivity index (χ3n) is 2.28. The first kappa shape index (κ1) is 13.0. The van der Waals surface area contributed by atoms with E-state index in [9.17, 15) is 0 Å². The van der Waals surface area contributed by atoms with Crippen molar-refractivity contribution in [2.75, 3.05) is 0 Å². The number of ether oxygens (including phenoxy) is 1. The van der Waals surface area contributed by atoms with Gasteiger partial charge < -0.3 is 19.4 Å². The summed E-state index contributed by atoms with van der Waals surface area (Å²) >= 11 is 0. The Balaban J connectivity index is 2.04. The van der Waals surface area contributed by atoms with Crippen molar-refractivity contribution in [1.82, 2.24) is 0 Å². The van der Waals surface area contributed by atoms with Gasteiger partial charge in [-0.25, -0.2) is 0 Å². The lowest BCUT2D eigenvalue weighted by Gasteiger charge is -2.07. The summed E-state index contributed by atoms with van der Waals surface area (Å²) in [6.07, 6.45) is 0. The van der Waals surface area contributed by atoms with Crippen LogP contribution in [0.25, 0.3) is 0 Å². The normalized spacial score (nSPS) is 9.53. The van der Waals surface area contributed by atoms with E-state index in [1.54, 1.807) is 48.5 Å². The van der Waals surface area contributed by atoms with Gasteiger partial charge in [-0.05, 0) is 48.5 Å². The Morgan fingerprint density at radius 3 is 1.79 bits per heavy atom. The van der Waals surface area contributed by atoms with E-state index >= 15 is 0 Å². The lowest BCUT2D eigenvalue weighted by Crippen LogP contribution is -2.20. The van der Waals surface area contributed by atoms with E-state index in [0.717, 1.165) is 0 Å². The highest BCUT2D eigenvalue weighted by Crippen LogP contribution is 2.24. The van der Waals surface area contributed by atoms with Gasteiger partial charge in [0.2, 0.25) is 0 Å². The Bertz CT molecular complexity index is 575. The van der Waals surface area contributed by atoms with Crippen LogP contribution in [-0.2, 0) is 0 Å². The second-order valence-corrected chi connectivity index (χ2v) is 3.65. The van der Waals surface area contributed by atoms with E-state index in [1.807, 2.05) is 6.07 Å². The fraction of sp³-hybridized carbons (Fsp3) is 0. The van der Waals surface area contributed by atoms with Gasteiger partial charge in [0.15, 0.2) is 0 Å². The highest BCUT2D eigenvalue weighted by Gasteiger charge is 2.10. The van der Waals surface area contributed by atoms with Crippen LogP contribution in [0.4, 0.5) is 0 Å². The van der Waals surface area contributed by atoms with Gasteiger partial charge in [0.25, 0.3) is 0 Å². The summed E-state index contributed by atoms with van der Waals surface area (Å²) in [4.78, 5) is 0. The molecule has 0 aliphatic heterocycles. The van der Waals surface area contributed by atoms with Crippen molar-refractivity contribution < 1.29 is 19.4 Å². The molecule has 0 spiro atoms. The van der Waals surface area contributed by atoms with Crippen LogP contribution < -0.4 is 9.39 Å². The van der Waals surface area contributed by atoms with E-state index in [0.29, 0.717) is 22.8 Å². The van der Waals surface area contributed by atoms with Crippen molar-refractivity contribution in [3.63, 3.8) is 0 Å². The molecule has 0 bridgehead atoms. The molecule has 2 rings (SSSR count). The van der Waals surface area contributed by atoms with Gasteiger partial charge in [-0.1, -0.05) is 0 Å². The summed E-state index contributed by atoms with van der Waals surface area (Å²) in [5, 5.41) is 25.9. The average molecular weight is 255 g/mol. The molecule has 2 aromatic rings. The van der Waals surface area contributed by atoms with E-state index < -0.39 is 7.32 Å². The number of hydrogen-bond donors (Lipinski definition) is 2. The monoisotopic (exact) mass is 255 g/mol. The van der Waals surface area contributed by atoms with Crippen LogP contribution in [0.1, 0.15) is 5.56 Å². The van der Waals surface area contributed by atoms with Crippen LogP contribution in [0.2, 0.25) is 0 Å². The number of hydrogen-bond acceptors (Lipinski definition) is 5. The molecule has 2 aromatic carbocycles. The molecule has 0 unspecified atom stereocenters. The number of benzene rings is 2. The Hall–Kier alpha value is -2.49. The Kier molecular flexibility index (Phi) is 4.03. The zero-order chi connectivity index (χ0) is 13.7. The Labute approximate surface area is 110 Å². The van der Waals surface area contributed by atoms with Crippen LogP contribution >= 0.6 is 0 Å². The van der Waals surface area contributed by atoms with Crippen molar-refractivity contribution in [3.05, 3.63) is 54.1 Å². The fourth-order valence-corrected chi connectivity index (χ4v) is 1.44. The first-order valence-electron chi connectivity index (χ1n) is 5.48. The summed E-state index contributed by atoms with van der Waals surface area (Å²) in [5.74, 6) is 1.50. The quantitative estimate of drug-likeness (QED) is 0.812. The van der Waals surface area contributed by atoms with Gasteiger partial charge in [-0.2, -0.15) is 5.26 Å². The minimum absolute atomic E-state index is 0.321. The number of nitrogens with zero attached hydrogens (tertiary/aromatic N) is 1. The Morgan fingerprint density at radius 1 is 0.842 bits per heavy atom. The summed E-state index contributed by atoms with van der Waals surface area (Å²) in [6, 6.07) is 15.1. The standard InChI is InChI=1S/C13H10BNO4/c15-9-10-1-3-11(4-2-10)18-12-5-7-13(8-6-12)19-14(16)17/h1-8,16-17H. The third kappa shape index (κ3) is 3.74. The van der Waals surface area contributed by atoms with Crippen LogP contribution in [0.15, 0.2) is 48.5 Å². The highest BCUT2D eigenvalue weighted by molar-refractivity contribution is 6.33. The molecule has 94 valence electrons. The maximum Gasteiger partial charge on any atom is 0.707 e. The number of nitriles is 1. The Morgan fingerprint density at radius 2 is 1.32 bits per heavy atom. The van der Waals surface area contributed by atoms with Crippen molar-refractivity contribution in [1.29, 1.82) is 5.26 Å². The van der Waals surface area contributed by atoms with Crippen molar-refractivity contribution >= 4 is 7.32 Å². The van der Waals surface area contributed by atoms with Gasteiger partial charge in [-0.15, -0.1) is 0 Å². The van der Waals surface area contributed by atoms with Crippen LogP contribution in [0.3, 0.4) is 0 Å². The maximum atomic E-state index is 8.68. The first-order chi connectivity index (χ1) is 9.17. The minimum atomic E-state index is -1.84. The molecule has 19 heavy (non-hydrogen) atoms. The van der Waals surface area contributed by atoms with E-state index in [2.05, 4.69) is 4.65 Å². The summed E-state index contributed by atoms with van der Waals surface area (Å²) < 4.78 is 10.2. The molecule has 2 N–H and O–H groups in total. The van der Waals surface area contributed by atoms with Gasteiger partial charge >= 0.3 is 7.32 Å². The van der Waals surface area contributed by atoms with Crippen molar-refractivity contribution in [2.45, 2.75) is 0 Å². The lowest BCUT2D eigenvalue weighted by molar-refractivity contribution is 0.288. The molecule has 0 fully saturated rings. The van der Waals surface area contributed by atoms with Crippen molar-refractivity contribution in [3.8, 4) is 23.3 Å². The molecular weight excluding hydrogens is 245 g/mol. The lowest BCUT2D eigenvalue weighted by atomic mass is 10.2. The van der Waals surface area contributed by atoms with Crippen molar-refractivity contribution in [2.24, 2.45) is 0 Å². The molecule has 0 saturated heterocycles. The molecule has 0 aromatic heterocycles. The topological polar surface area (TPSA) is 82.7 Å². The van der Waals surface area contributed by atoms with Crippen LogP contribution in [-0.4, -0.2) is 17.4 Å². The van der Waals surface area contributed by atoms with Crippen LogP contribution in [0, 0.1) is 11.3 Å². The second kappa shape index (κ2) is 5.91.